The number of sulfone groups is 1. The number of aromatic amines is 1. The average molecular weight is 504 g/mol. The molecule has 11 heteroatoms. The maximum Gasteiger partial charge on any atom is 0.416 e. The highest BCUT2D eigenvalue weighted by molar-refractivity contribution is 7.90. The van der Waals surface area contributed by atoms with Crippen molar-refractivity contribution in [2.45, 2.75) is 30.7 Å². The van der Waals surface area contributed by atoms with Crippen molar-refractivity contribution in [2.75, 3.05) is 5.32 Å². The number of aryl methyl sites for hydroxylation is 1. The molecule has 0 unspecified atom stereocenters. The van der Waals surface area contributed by atoms with E-state index in [4.69, 9.17) is 0 Å². The highest BCUT2D eigenvalue weighted by Crippen LogP contribution is 2.37. The van der Waals surface area contributed by atoms with Crippen molar-refractivity contribution in [1.82, 2.24) is 4.98 Å². The van der Waals surface area contributed by atoms with Crippen LogP contribution in [0.15, 0.2) is 47.4 Å². The van der Waals surface area contributed by atoms with Crippen molar-refractivity contribution in [2.24, 2.45) is 0 Å². The molecular formula is C24H19F3N2O5S. The zero-order chi connectivity index (χ0) is 25.7. The van der Waals surface area contributed by atoms with Gasteiger partial charge in [-0.15, -0.1) is 0 Å². The normalized spacial score (nSPS) is 14.8. The Bertz CT molecular complexity index is 1520. The van der Waals surface area contributed by atoms with Crippen LogP contribution in [0.2, 0.25) is 0 Å². The van der Waals surface area contributed by atoms with Crippen LogP contribution in [0.5, 0.6) is 0 Å². The summed E-state index contributed by atoms with van der Waals surface area (Å²) in [5, 5.41) is 12.0. The minimum absolute atomic E-state index is 0.0649. The van der Waals surface area contributed by atoms with Gasteiger partial charge in [-0.1, -0.05) is 18.2 Å². The molecule has 0 fully saturated rings. The molecule has 0 saturated heterocycles. The second kappa shape index (κ2) is 8.42. The van der Waals surface area contributed by atoms with Gasteiger partial charge in [0.25, 0.3) is 5.91 Å². The van der Waals surface area contributed by atoms with Gasteiger partial charge in [-0.3, -0.25) is 4.79 Å². The molecule has 3 aromatic rings. The highest BCUT2D eigenvalue weighted by Gasteiger charge is 2.35. The molecule has 1 aliphatic heterocycles. The molecule has 182 valence electrons. The molecule has 2 aromatic carbocycles. The number of hydrogen-bond donors (Lipinski definition) is 3. The number of carboxylic acid groups (broad SMARTS) is 1. The van der Waals surface area contributed by atoms with Crippen LogP contribution in [0, 0.1) is 13.8 Å². The molecule has 0 spiro atoms. The maximum atomic E-state index is 13.3. The van der Waals surface area contributed by atoms with E-state index in [9.17, 15) is 36.3 Å². The third-order valence-corrected chi connectivity index (χ3v) is 7.44. The number of aromatic carboxylic acids is 1. The molecular weight excluding hydrogens is 485 g/mol. The van der Waals surface area contributed by atoms with E-state index in [1.165, 1.54) is 36.4 Å². The van der Waals surface area contributed by atoms with Gasteiger partial charge in [0, 0.05) is 22.6 Å². The fraction of sp³-hybridized carbons (Fsp3) is 0.167. The summed E-state index contributed by atoms with van der Waals surface area (Å²) in [6.45, 7) is 3.15. The van der Waals surface area contributed by atoms with Gasteiger partial charge < -0.3 is 15.4 Å². The average Bonchev–Trinajstić information content (AvgIpc) is 3.22. The number of fused-ring (bicyclic) bond motifs is 1. The standard InChI is InChI=1S/C24H19F3N2O5S/c1-12-20(28-13(2)21(12)23(31)32)10-17-16-9-15(7-8-19(16)29-22(17)30)35(33,34)11-14-5-3-4-6-18(14)24(25,26)27/h3-10,28H,11H2,1-2H3,(H,29,30)(H,31,32)/b17-10-. The van der Waals surface area contributed by atoms with Gasteiger partial charge in [0.05, 0.1) is 27.3 Å². The number of rotatable bonds is 5. The van der Waals surface area contributed by atoms with Gasteiger partial charge in [-0.25, -0.2) is 13.2 Å². The van der Waals surface area contributed by atoms with Gasteiger partial charge in [0.2, 0.25) is 0 Å². The van der Waals surface area contributed by atoms with Crippen molar-refractivity contribution in [3.05, 3.63) is 81.7 Å². The monoisotopic (exact) mass is 504 g/mol. The van der Waals surface area contributed by atoms with Gasteiger partial charge in [-0.2, -0.15) is 13.2 Å². The first kappa shape index (κ1) is 24.3. The van der Waals surface area contributed by atoms with E-state index < -0.39 is 39.2 Å². The van der Waals surface area contributed by atoms with E-state index >= 15 is 0 Å². The van der Waals surface area contributed by atoms with Crippen LogP contribution in [0.3, 0.4) is 0 Å². The van der Waals surface area contributed by atoms with Crippen LogP contribution in [-0.4, -0.2) is 30.4 Å². The van der Waals surface area contributed by atoms with Gasteiger partial charge in [0.1, 0.15) is 0 Å². The first-order valence-corrected chi connectivity index (χ1v) is 11.9. The molecule has 0 aliphatic carbocycles. The Morgan fingerprint density at radius 3 is 2.43 bits per heavy atom. The van der Waals surface area contributed by atoms with E-state index in [1.807, 2.05) is 0 Å². The Balaban J connectivity index is 1.76. The largest absolute Gasteiger partial charge is 0.478 e. The Kier molecular flexibility index (Phi) is 5.84. The number of anilines is 1. The Morgan fingerprint density at radius 1 is 1.11 bits per heavy atom. The lowest BCUT2D eigenvalue weighted by molar-refractivity contribution is -0.138. The number of carboxylic acids is 1. The molecule has 0 radical (unpaired) electrons. The number of H-pyrrole nitrogens is 1. The van der Waals surface area contributed by atoms with Crippen molar-refractivity contribution in [3.8, 4) is 0 Å². The second-order valence-electron chi connectivity index (χ2n) is 8.10. The quantitative estimate of drug-likeness (QED) is 0.431. The summed E-state index contributed by atoms with van der Waals surface area (Å²) >= 11 is 0. The zero-order valence-corrected chi connectivity index (χ0v) is 19.3. The molecule has 3 N–H and O–H groups in total. The molecule has 1 amide bonds. The summed E-state index contributed by atoms with van der Waals surface area (Å²) in [6.07, 6.45) is -3.29. The molecule has 0 atom stereocenters. The number of benzene rings is 2. The third kappa shape index (κ3) is 4.46. The van der Waals surface area contributed by atoms with Crippen molar-refractivity contribution >= 4 is 39.1 Å². The summed E-state index contributed by atoms with van der Waals surface area (Å²) in [6, 6.07) is 8.27. The number of carbonyl (C=O) groups is 2. The van der Waals surface area contributed by atoms with Crippen LogP contribution in [0.4, 0.5) is 18.9 Å². The number of nitrogens with one attached hydrogen (secondary N) is 2. The van der Waals surface area contributed by atoms with Crippen molar-refractivity contribution in [1.29, 1.82) is 0 Å². The van der Waals surface area contributed by atoms with E-state index in [-0.39, 0.29) is 27.2 Å². The first-order chi connectivity index (χ1) is 16.3. The fourth-order valence-corrected chi connectivity index (χ4v) is 5.50. The van der Waals surface area contributed by atoms with Crippen molar-refractivity contribution < 1.29 is 36.3 Å². The highest BCUT2D eigenvalue weighted by atomic mass is 32.2. The lowest BCUT2D eigenvalue weighted by Crippen LogP contribution is -2.13. The van der Waals surface area contributed by atoms with Crippen LogP contribution >= 0.6 is 0 Å². The molecule has 1 aromatic heterocycles. The van der Waals surface area contributed by atoms with Crippen LogP contribution in [0.1, 0.15) is 44.0 Å². The lowest BCUT2D eigenvalue weighted by Gasteiger charge is -2.13. The number of hydrogen-bond acceptors (Lipinski definition) is 4. The number of alkyl halides is 3. The summed E-state index contributed by atoms with van der Waals surface area (Å²) in [4.78, 5) is 26.7. The van der Waals surface area contributed by atoms with Crippen LogP contribution in [-0.2, 0) is 26.6 Å². The fourth-order valence-electron chi connectivity index (χ4n) is 4.10. The Morgan fingerprint density at radius 2 is 1.80 bits per heavy atom. The topological polar surface area (TPSA) is 116 Å². The predicted octanol–water partition coefficient (Wildman–Crippen LogP) is 4.82. The van der Waals surface area contributed by atoms with Crippen LogP contribution in [0.25, 0.3) is 11.6 Å². The molecule has 0 bridgehead atoms. The molecule has 4 rings (SSSR count). The summed E-state index contributed by atoms with van der Waals surface area (Å²) in [5.41, 5.74) is 0.461. The summed E-state index contributed by atoms with van der Waals surface area (Å²) in [5.74, 6) is -2.54. The van der Waals surface area contributed by atoms with Crippen molar-refractivity contribution in [3.63, 3.8) is 0 Å². The van der Waals surface area contributed by atoms with Gasteiger partial charge >= 0.3 is 12.1 Å². The lowest BCUT2D eigenvalue weighted by atomic mass is 10.0. The van der Waals surface area contributed by atoms with Gasteiger partial charge in [0.15, 0.2) is 9.84 Å². The SMILES string of the molecule is Cc1[nH]c(/C=C2\C(=O)Nc3ccc(S(=O)(=O)Cc4ccccc4C(F)(F)F)cc32)c(C)c1C(=O)O. The van der Waals surface area contributed by atoms with E-state index in [2.05, 4.69) is 10.3 Å². The number of halogens is 3. The molecule has 1 aliphatic rings. The molecule has 0 saturated carbocycles. The summed E-state index contributed by atoms with van der Waals surface area (Å²) in [7, 11) is -4.21. The Hall–Kier alpha value is -3.86. The molecule has 2 heterocycles. The first-order valence-electron chi connectivity index (χ1n) is 10.3. The number of aromatic nitrogens is 1. The molecule has 7 nitrogen and oxygen atoms in total. The van der Waals surface area contributed by atoms with E-state index in [0.717, 1.165) is 12.1 Å². The number of amides is 1. The summed E-state index contributed by atoms with van der Waals surface area (Å²) < 4.78 is 66.1. The minimum atomic E-state index is -4.71. The predicted molar refractivity (Wildman–Crippen MR) is 123 cm³/mol. The maximum absolute atomic E-state index is 13.3. The smallest absolute Gasteiger partial charge is 0.416 e. The minimum Gasteiger partial charge on any atom is -0.478 e. The number of carbonyl (C=O) groups excluding carboxylic acids is 1. The van der Waals surface area contributed by atoms with E-state index in [0.29, 0.717) is 22.6 Å². The molecule has 35 heavy (non-hydrogen) atoms. The Labute approximate surface area is 198 Å². The third-order valence-electron chi connectivity index (χ3n) is 5.78. The van der Waals surface area contributed by atoms with Gasteiger partial charge in [-0.05, 0) is 55.3 Å². The van der Waals surface area contributed by atoms with E-state index in [1.54, 1.807) is 13.8 Å². The zero-order valence-electron chi connectivity index (χ0n) is 18.4. The second-order valence-corrected chi connectivity index (χ2v) is 10.1. The van der Waals surface area contributed by atoms with Crippen LogP contribution < -0.4 is 5.32 Å².